The molecule has 0 saturated heterocycles. The third-order valence-corrected chi connectivity index (χ3v) is 3.12. The van der Waals surface area contributed by atoms with Crippen LogP contribution in [-0.2, 0) is 4.79 Å². The molecule has 1 amide bonds. The number of halogens is 2. The average molecular weight is 316 g/mol. The van der Waals surface area contributed by atoms with Crippen LogP contribution in [0.5, 0.6) is 0 Å². The smallest absolute Gasteiger partial charge is 0.239 e. The molecule has 0 aromatic heterocycles. The van der Waals surface area contributed by atoms with Gasteiger partial charge in [-0.2, -0.15) is 0 Å². The zero-order valence-corrected chi connectivity index (χ0v) is 14.3. The predicted molar refractivity (Wildman–Crippen MR) is 87.4 cm³/mol. The van der Waals surface area contributed by atoms with Gasteiger partial charge in [-0.05, 0) is 39.4 Å². The Balaban J connectivity index is -0.00000128. The lowest BCUT2D eigenvalue weighted by Crippen LogP contribution is -2.51. The highest BCUT2D eigenvalue weighted by Gasteiger charge is 2.26. The molecule has 118 valence electrons. The van der Waals surface area contributed by atoms with Crippen molar-refractivity contribution < 1.29 is 4.79 Å². The van der Waals surface area contributed by atoms with Crippen LogP contribution in [0.15, 0.2) is 0 Å². The minimum Gasteiger partial charge on any atom is -0.354 e. The van der Waals surface area contributed by atoms with Crippen LogP contribution in [0, 0.1) is 0 Å². The molecule has 0 rings (SSSR count). The van der Waals surface area contributed by atoms with E-state index >= 15 is 0 Å². The maximum absolute atomic E-state index is 11.8. The first-order chi connectivity index (χ1) is 7.97. The fourth-order valence-corrected chi connectivity index (χ4v) is 1.88. The summed E-state index contributed by atoms with van der Waals surface area (Å²) in [5.74, 6) is -0.0288. The lowest BCUT2D eigenvalue weighted by Gasteiger charge is -2.23. The van der Waals surface area contributed by atoms with Gasteiger partial charge < -0.3 is 16.0 Å². The van der Waals surface area contributed by atoms with Crippen LogP contribution in [0.25, 0.3) is 0 Å². The molecule has 0 aromatic rings. The van der Waals surface area contributed by atoms with Gasteiger partial charge in [-0.15, -0.1) is 24.8 Å². The Labute approximate surface area is 130 Å². The highest BCUT2D eigenvalue weighted by atomic mass is 35.5. The fraction of sp³-hybridized carbons (Fsp3) is 0.923. The molecule has 0 aromatic carbocycles. The van der Waals surface area contributed by atoms with Gasteiger partial charge in [0, 0.05) is 6.54 Å². The van der Waals surface area contributed by atoms with Gasteiger partial charge in [-0.25, -0.2) is 0 Å². The quantitative estimate of drug-likeness (QED) is 0.641. The van der Waals surface area contributed by atoms with E-state index in [1.165, 1.54) is 0 Å². The summed E-state index contributed by atoms with van der Waals surface area (Å²) in [5, 5.41) is 2.92. The van der Waals surface area contributed by atoms with Crippen molar-refractivity contribution in [3.63, 3.8) is 0 Å². The second kappa shape index (κ2) is 13.0. The molecular formula is C13H31Cl2N3O. The summed E-state index contributed by atoms with van der Waals surface area (Å²) >= 11 is 0. The molecule has 1 atom stereocenters. The molecule has 0 spiro atoms. The number of hydrogen-bond donors (Lipinski definition) is 2. The van der Waals surface area contributed by atoms with Crippen molar-refractivity contribution in [2.45, 2.75) is 52.5 Å². The number of carbonyl (C=O) groups is 1. The van der Waals surface area contributed by atoms with Gasteiger partial charge in [-0.1, -0.05) is 27.2 Å². The number of carbonyl (C=O) groups excluding carboxylic acids is 1. The normalized spacial score (nSPS) is 13.2. The Hall–Kier alpha value is -0.0300. The zero-order valence-electron chi connectivity index (χ0n) is 12.7. The van der Waals surface area contributed by atoms with Crippen molar-refractivity contribution in [3.8, 4) is 0 Å². The summed E-state index contributed by atoms with van der Waals surface area (Å²) in [5.41, 5.74) is 5.22. The highest BCUT2D eigenvalue weighted by Crippen LogP contribution is 2.08. The highest BCUT2D eigenvalue weighted by molar-refractivity contribution is 5.86. The molecule has 0 aliphatic carbocycles. The fourth-order valence-electron chi connectivity index (χ4n) is 1.88. The second-order valence-corrected chi connectivity index (χ2v) is 4.80. The average Bonchev–Trinajstić information content (AvgIpc) is 2.29. The van der Waals surface area contributed by atoms with E-state index in [0.29, 0.717) is 6.54 Å². The molecule has 4 nitrogen and oxygen atoms in total. The van der Waals surface area contributed by atoms with Crippen LogP contribution >= 0.6 is 24.8 Å². The van der Waals surface area contributed by atoms with Crippen LogP contribution in [0.3, 0.4) is 0 Å². The monoisotopic (exact) mass is 315 g/mol. The SMILES string of the molecule is CCCC(C)(N)C(=O)NCCCN(CC)CC.Cl.Cl. The van der Waals surface area contributed by atoms with Gasteiger partial charge in [0.15, 0.2) is 0 Å². The number of nitrogens with two attached hydrogens (primary N) is 1. The lowest BCUT2D eigenvalue weighted by atomic mass is 9.96. The molecule has 0 bridgehead atoms. The molecule has 0 aliphatic rings. The van der Waals surface area contributed by atoms with E-state index in [4.69, 9.17) is 5.73 Å². The maximum Gasteiger partial charge on any atom is 0.239 e. The van der Waals surface area contributed by atoms with Crippen molar-refractivity contribution in [2.24, 2.45) is 5.73 Å². The topological polar surface area (TPSA) is 58.4 Å². The Morgan fingerprint density at radius 2 is 1.74 bits per heavy atom. The van der Waals surface area contributed by atoms with Gasteiger partial charge in [-0.3, -0.25) is 4.79 Å². The van der Waals surface area contributed by atoms with Gasteiger partial charge in [0.25, 0.3) is 0 Å². The molecule has 19 heavy (non-hydrogen) atoms. The van der Waals surface area contributed by atoms with Gasteiger partial charge in [0.2, 0.25) is 5.91 Å². The van der Waals surface area contributed by atoms with Crippen molar-refractivity contribution in [3.05, 3.63) is 0 Å². The van der Waals surface area contributed by atoms with Crippen molar-refractivity contribution in [1.29, 1.82) is 0 Å². The van der Waals surface area contributed by atoms with E-state index in [1.54, 1.807) is 6.92 Å². The van der Waals surface area contributed by atoms with Crippen LogP contribution in [-0.4, -0.2) is 42.5 Å². The van der Waals surface area contributed by atoms with E-state index in [1.807, 2.05) is 6.92 Å². The van der Waals surface area contributed by atoms with E-state index in [0.717, 1.165) is 38.9 Å². The molecule has 0 saturated carbocycles. The van der Waals surface area contributed by atoms with Crippen molar-refractivity contribution in [2.75, 3.05) is 26.2 Å². The predicted octanol–water partition coefficient (Wildman–Crippen LogP) is 2.20. The van der Waals surface area contributed by atoms with Crippen LogP contribution in [0.2, 0.25) is 0 Å². The van der Waals surface area contributed by atoms with Crippen LogP contribution < -0.4 is 11.1 Å². The molecule has 6 heteroatoms. The van der Waals surface area contributed by atoms with Crippen LogP contribution in [0.4, 0.5) is 0 Å². The van der Waals surface area contributed by atoms with E-state index in [2.05, 4.69) is 24.1 Å². The molecule has 1 unspecified atom stereocenters. The Bertz CT molecular complexity index is 222. The summed E-state index contributed by atoms with van der Waals surface area (Å²) < 4.78 is 0. The Morgan fingerprint density at radius 1 is 1.21 bits per heavy atom. The van der Waals surface area contributed by atoms with E-state index in [-0.39, 0.29) is 30.7 Å². The van der Waals surface area contributed by atoms with E-state index < -0.39 is 5.54 Å². The number of amides is 1. The van der Waals surface area contributed by atoms with Gasteiger partial charge in [0.05, 0.1) is 5.54 Å². The number of rotatable bonds is 9. The van der Waals surface area contributed by atoms with E-state index in [9.17, 15) is 4.79 Å². The molecule has 0 heterocycles. The summed E-state index contributed by atoms with van der Waals surface area (Å²) in [6.07, 6.45) is 2.64. The molecule has 3 N–H and O–H groups in total. The Morgan fingerprint density at radius 3 is 2.16 bits per heavy atom. The van der Waals surface area contributed by atoms with Gasteiger partial charge in [0.1, 0.15) is 0 Å². The number of hydrogen-bond acceptors (Lipinski definition) is 3. The number of nitrogens with zero attached hydrogens (tertiary/aromatic N) is 1. The molecule has 0 radical (unpaired) electrons. The first kappa shape index (κ1) is 24.0. The maximum atomic E-state index is 11.8. The summed E-state index contributed by atoms with van der Waals surface area (Å²) in [6.45, 7) is 12.0. The lowest BCUT2D eigenvalue weighted by molar-refractivity contribution is -0.126. The third-order valence-electron chi connectivity index (χ3n) is 3.12. The van der Waals surface area contributed by atoms with Crippen LogP contribution in [0.1, 0.15) is 47.0 Å². The zero-order chi connectivity index (χ0) is 13.3. The third kappa shape index (κ3) is 10.4. The summed E-state index contributed by atoms with van der Waals surface area (Å²) in [4.78, 5) is 14.1. The summed E-state index contributed by atoms with van der Waals surface area (Å²) in [6, 6.07) is 0. The summed E-state index contributed by atoms with van der Waals surface area (Å²) in [7, 11) is 0. The van der Waals surface area contributed by atoms with Crippen molar-refractivity contribution in [1.82, 2.24) is 10.2 Å². The second-order valence-electron chi connectivity index (χ2n) is 4.80. The first-order valence-corrected chi connectivity index (χ1v) is 6.77. The van der Waals surface area contributed by atoms with Crippen molar-refractivity contribution >= 4 is 30.7 Å². The molecule has 0 aliphatic heterocycles. The Kier molecular flexibility index (Phi) is 16.4. The standard InChI is InChI=1S/C13H29N3O.2ClH/c1-5-9-13(4,14)12(17)15-10-8-11-16(6-2)7-3;;/h5-11,14H2,1-4H3,(H,15,17);2*1H. The minimum absolute atomic E-state index is 0. The van der Waals surface area contributed by atoms with Gasteiger partial charge >= 0.3 is 0 Å². The minimum atomic E-state index is -0.718. The molecular weight excluding hydrogens is 285 g/mol. The number of nitrogens with one attached hydrogen (secondary N) is 1. The largest absolute Gasteiger partial charge is 0.354 e. The molecule has 0 fully saturated rings. The first-order valence-electron chi connectivity index (χ1n) is 6.77.